The van der Waals surface area contributed by atoms with Gasteiger partial charge in [-0.3, -0.25) is 13.9 Å². The first-order valence-electron chi connectivity index (χ1n) is 15.1. The average Bonchev–Trinajstić information content (AvgIpc) is 3.06. The van der Waals surface area contributed by atoms with Gasteiger partial charge in [0.2, 0.25) is 11.8 Å². The minimum Gasteiger partial charge on any atom is -0.352 e. The first-order chi connectivity index (χ1) is 23.1. The number of sulfonamides is 1. The lowest BCUT2D eigenvalue weighted by atomic mass is 10.0. The van der Waals surface area contributed by atoms with E-state index in [0.29, 0.717) is 22.4 Å². The van der Waals surface area contributed by atoms with E-state index in [4.69, 9.17) is 34.8 Å². The third-order valence-electron chi connectivity index (χ3n) is 7.82. The number of benzene rings is 4. The Morgan fingerprint density at radius 1 is 0.837 bits per heavy atom. The summed E-state index contributed by atoms with van der Waals surface area (Å²) < 4.78 is 70.7. The molecule has 0 aliphatic heterocycles. The molecule has 0 aliphatic rings. The van der Waals surface area contributed by atoms with Crippen molar-refractivity contribution in [1.82, 2.24) is 10.2 Å². The largest absolute Gasteiger partial charge is 0.417 e. The Morgan fingerprint density at radius 3 is 2.00 bits per heavy atom. The van der Waals surface area contributed by atoms with E-state index in [-0.39, 0.29) is 39.5 Å². The van der Waals surface area contributed by atoms with Crippen molar-refractivity contribution < 1.29 is 31.2 Å². The molecule has 2 atom stereocenters. The van der Waals surface area contributed by atoms with Gasteiger partial charge in [0.05, 0.1) is 21.2 Å². The van der Waals surface area contributed by atoms with Gasteiger partial charge in [0.25, 0.3) is 10.0 Å². The van der Waals surface area contributed by atoms with E-state index >= 15 is 0 Å². The predicted molar refractivity (Wildman–Crippen MR) is 186 cm³/mol. The second-order valence-corrected chi connectivity index (χ2v) is 14.3. The summed E-state index contributed by atoms with van der Waals surface area (Å²) >= 11 is 18.9. The fraction of sp³-hybridized carbons (Fsp3) is 0.257. The van der Waals surface area contributed by atoms with Crippen LogP contribution in [0, 0.1) is 0 Å². The summed E-state index contributed by atoms with van der Waals surface area (Å²) in [6.07, 6.45) is -4.34. The van der Waals surface area contributed by atoms with E-state index in [1.54, 1.807) is 61.5 Å². The number of alkyl halides is 3. The fourth-order valence-corrected chi connectivity index (χ4v) is 7.15. The van der Waals surface area contributed by atoms with E-state index in [1.165, 1.54) is 24.3 Å². The molecule has 0 aromatic heterocycles. The number of carbonyl (C=O) groups is 2. The quantitative estimate of drug-likeness (QED) is 0.149. The molecule has 4 aromatic rings. The second-order valence-electron chi connectivity index (χ2n) is 11.2. The SMILES string of the molecule is CC[C@H](C)NC(=O)[C@@H](Cc1ccccc1)N(Cc1c(Cl)cccc1Cl)C(=O)CN(c1ccc(Cl)c(C(F)(F)F)c1)S(=O)(=O)c1ccccc1. The predicted octanol–water partition coefficient (Wildman–Crippen LogP) is 8.42. The van der Waals surface area contributed by atoms with E-state index < -0.39 is 56.9 Å². The first-order valence-corrected chi connectivity index (χ1v) is 17.7. The molecule has 2 amide bonds. The summed E-state index contributed by atoms with van der Waals surface area (Å²) in [5, 5.41) is 2.62. The maximum atomic E-state index is 14.6. The van der Waals surface area contributed by atoms with Crippen LogP contribution < -0.4 is 9.62 Å². The topological polar surface area (TPSA) is 86.8 Å². The van der Waals surface area contributed by atoms with Gasteiger partial charge in [-0.15, -0.1) is 0 Å². The monoisotopic (exact) mass is 753 g/mol. The summed E-state index contributed by atoms with van der Waals surface area (Å²) in [6, 6.07) is 21.6. The van der Waals surface area contributed by atoms with Crippen LogP contribution in [0.15, 0.2) is 102 Å². The lowest BCUT2D eigenvalue weighted by molar-refractivity contribution is -0.140. The average molecular weight is 755 g/mol. The van der Waals surface area contributed by atoms with Crippen LogP contribution in [0.1, 0.15) is 37.0 Å². The van der Waals surface area contributed by atoms with Crippen LogP contribution in [0.4, 0.5) is 18.9 Å². The Labute approximate surface area is 298 Å². The van der Waals surface area contributed by atoms with Crippen molar-refractivity contribution in [2.24, 2.45) is 0 Å². The molecule has 7 nitrogen and oxygen atoms in total. The van der Waals surface area contributed by atoms with Gasteiger partial charge in [-0.2, -0.15) is 13.2 Å². The summed E-state index contributed by atoms with van der Waals surface area (Å²) in [7, 11) is -4.65. The Balaban J connectivity index is 1.89. The number of carbonyl (C=O) groups excluding carboxylic acids is 2. The van der Waals surface area contributed by atoms with Gasteiger partial charge in [0.15, 0.2) is 0 Å². The van der Waals surface area contributed by atoms with Gasteiger partial charge in [-0.05, 0) is 61.4 Å². The normalized spacial score (nSPS) is 13.0. The summed E-state index contributed by atoms with van der Waals surface area (Å²) in [4.78, 5) is 29.4. The lowest BCUT2D eigenvalue weighted by Gasteiger charge is -2.34. The molecule has 49 heavy (non-hydrogen) atoms. The molecule has 260 valence electrons. The highest BCUT2D eigenvalue weighted by Gasteiger charge is 2.38. The molecule has 0 saturated carbocycles. The highest BCUT2D eigenvalue weighted by Crippen LogP contribution is 2.38. The molecule has 0 radical (unpaired) electrons. The number of nitrogens with one attached hydrogen (secondary N) is 1. The van der Waals surface area contributed by atoms with Gasteiger partial charge in [0.1, 0.15) is 12.6 Å². The van der Waals surface area contributed by atoms with Crippen molar-refractivity contribution in [3.8, 4) is 0 Å². The smallest absolute Gasteiger partial charge is 0.352 e. The molecule has 0 spiro atoms. The van der Waals surface area contributed by atoms with Gasteiger partial charge in [-0.1, -0.05) is 96.3 Å². The fourth-order valence-electron chi connectivity index (χ4n) is 4.98. The lowest BCUT2D eigenvalue weighted by Crippen LogP contribution is -2.54. The minimum absolute atomic E-state index is 0.0154. The van der Waals surface area contributed by atoms with E-state index in [0.717, 1.165) is 17.0 Å². The molecular weight excluding hydrogens is 722 g/mol. The van der Waals surface area contributed by atoms with Crippen molar-refractivity contribution >= 4 is 62.3 Å². The molecular formula is C35H33Cl3F3N3O4S. The molecule has 0 bridgehead atoms. The van der Waals surface area contributed by atoms with Gasteiger partial charge >= 0.3 is 6.18 Å². The van der Waals surface area contributed by atoms with E-state index in [1.807, 2.05) is 6.92 Å². The minimum atomic E-state index is -4.93. The van der Waals surface area contributed by atoms with Crippen molar-refractivity contribution in [1.29, 1.82) is 0 Å². The maximum absolute atomic E-state index is 14.6. The van der Waals surface area contributed by atoms with Crippen molar-refractivity contribution in [2.45, 2.75) is 56.4 Å². The van der Waals surface area contributed by atoms with Crippen LogP contribution in [0.2, 0.25) is 15.1 Å². The molecule has 0 unspecified atom stereocenters. The van der Waals surface area contributed by atoms with Crippen LogP contribution in [-0.2, 0) is 38.8 Å². The number of amides is 2. The second kappa shape index (κ2) is 16.3. The van der Waals surface area contributed by atoms with Crippen molar-refractivity contribution in [3.05, 3.63) is 129 Å². The third-order valence-corrected chi connectivity index (χ3v) is 10.6. The molecule has 1 N–H and O–H groups in total. The molecule has 0 heterocycles. The van der Waals surface area contributed by atoms with Crippen molar-refractivity contribution in [3.63, 3.8) is 0 Å². The molecule has 0 fully saturated rings. The van der Waals surface area contributed by atoms with Gasteiger partial charge < -0.3 is 10.2 Å². The van der Waals surface area contributed by atoms with E-state index in [2.05, 4.69) is 5.32 Å². The standard InChI is InChI=1S/C35H33Cl3F3N3O4S/c1-3-23(2)42-34(46)32(19-24-11-6-4-7-12-24)43(21-27-29(36)15-10-16-30(27)37)33(45)22-44(49(47,48)26-13-8-5-9-14-26)25-17-18-31(38)28(20-25)35(39,40)41/h4-18,20,23,32H,3,19,21-22H2,1-2H3,(H,42,46)/t23-,32+/m0/s1. The third kappa shape index (κ3) is 9.48. The number of hydrogen-bond acceptors (Lipinski definition) is 4. The van der Waals surface area contributed by atoms with Crippen LogP contribution in [0.3, 0.4) is 0 Å². The zero-order chi connectivity index (χ0) is 35.9. The molecule has 0 aliphatic carbocycles. The molecule has 4 rings (SSSR count). The molecule has 14 heteroatoms. The van der Waals surface area contributed by atoms with Crippen LogP contribution in [-0.4, -0.2) is 43.8 Å². The number of rotatable bonds is 13. The summed E-state index contributed by atoms with van der Waals surface area (Å²) in [5.41, 5.74) is -0.775. The number of anilines is 1. The van der Waals surface area contributed by atoms with Gasteiger partial charge in [-0.25, -0.2) is 8.42 Å². The highest BCUT2D eigenvalue weighted by atomic mass is 35.5. The Hall–Kier alpha value is -3.77. The Morgan fingerprint density at radius 2 is 1.43 bits per heavy atom. The number of nitrogens with zero attached hydrogens (tertiary/aromatic N) is 2. The van der Waals surface area contributed by atoms with Crippen molar-refractivity contribution in [2.75, 3.05) is 10.8 Å². The number of halogens is 6. The molecule has 0 saturated heterocycles. The zero-order valence-electron chi connectivity index (χ0n) is 26.4. The summed E-state index contributed by atoms with van der Waals surface area (Å²) in [5.74, 6) is -1.43. The van der Waals surface area contributed by atoms with Gasteiger partial charge in [0, 0.05) is 34.6 Å². The highest BCUT2D eigenvalue weighted by molar-refractivity contribution is 7.92. The zero-order valence-corrected chi connectivity index (χ0v) is 29.5. The summed E-state index contributed by atoms with van der Waals surface area (Å²) in [6.45, 7) is 2.36. The Bertz CT molecular complexity index is 1860. The maximum Gasteiger partial charge on any atom is 0.417 e. The van der Waals surface area contributed by atoms with Crippen LogP contribution in [0.5, 0.6) is 0 Å². The van der Waals surface area contributed by atoms with Crippen LogP contribution >= 0.6 is 34.8 Å². The van der Waals surface area contributed by atoms with Crippen LogP contribution in [0.25, 0.3) is 0 Å². The number of hydrogen-bond donors (Lipinski definition) is 1. The molecule has 4 aromatic carbocycles. The first kappa shape index (κ1) is 38.0. The van der Waals surface area contributed by atoms with E-state index in [9.17, 15) is 31.2 Å². The Kier molecular flexibility index (Phi) is 12.6.